The average Bonchev–Trinajstić information content (AvgIpc) is 2.82. The lowest BCUT2D eigenvalue weighted by Gasteiger charge is -2.16. The molecule has 33 heavy (non-hydrogen) atoms. The largest absolute Gasteiger partial charge is 0.457 e. The molecule has 1 atom stereocenters. The van der Waals surface area contributed by atoms with Crippen molar-refractivity contribution < 1.29 is 19.4 Å². The molecule has 0 aromatic carbocycles. The minimum absolute atomic E-state index is 0.165. The summed E-state index contributed by atoms with van der Waals surface area (Å²) in [6.07, 6.45) is 26.9. The van der Waals surface area contributed by atoms with Gasteiger partial charge >= 0.3 is 5.97 Å². The zero-order valence-corrected chi connectivity index (χ0v) is 22.4. The summed E-state index contributed by atoms with van der Waals surface area (Å²) in [6, 6.07) is 0. The number of aliphatic hydroxyl groups excluding tert-OH is 1. The summed E-state index contributed by atoms with van der Waals surface area (Å²) in [5, 5.41) is 9.45. The second kappa shape index (κ2) is 27.6. The maximum Gasteiger partial charge on any atom is 0.306 e. The smallest absolute Gasteiger partial charge is 0.306 e. The van der Waals surface area contributed by atoms with Gasteiger partial charge in [0.15, 0.2) is 0 Å². The lowest BCUT2D eigenvalue weighted by atomic mass is 10.1. The Kier molecular flexibility index (Phi) is 27.1. The zero-order chi connectivity index (χ0) is 24.2. The van der Waals surface area contributed by atoms with Gasteiger partial charge in [-0.3, -0.25) is 4.79 Å². The van der Waals surface area contributed by atoms with Gasteiger partial charge in [-0.15, -0.1) is 0 Å². The van der Waals surface area contributed by atoms with Crippen LogP contribution in [0.15, 0.2) is 0 Å². The molecule has 0 aromatic heterocycles. The number of ether oxygens (including phenoxy) is 2. The first-order chi connectivity index (χ1) is 16.2. The molecule has 0 amide bonds. The Morgan fingerprint density at radius 2 is 1.00 bits per heavy atom. The van der Waals surface area contributed by atoms with E-state index in [1.807, 2.05) is 0 Å². The van der Waals surface area contributed by atoms with Crippen molar-refractivity contribution in [2.24, 2.45) is 0 Å². The van der Waals surface area contributed by atoms with Crippen molar-refractivity contribution in [1.82, 2.24) is 0 Å². The van der Waals surface area contributed by atoms with Gasteiger partial charge in [-0.05, 0) is 12.8 Å². The normalized spacial score (nSPS) is 12.2. The van der Waals surface area contributed by atoms with Crippen molar-refractivity contribution in [3.63, 3.8) is 0 Å². The van der Waals surface area contributed by atoms with Crippen LogP contribution < -0.4 is 0 Å². The van der Waals surface area contributed by atoms with Gasteiger partial charge in [0.1, 0.15) is 6.10 Å². The van der Waals surface area contributed by atoms with E-state index in [-0.39, 0.29) is 12.6 Å². The molecular weight excluding hydrogens is 412 g/mol. The third-order valence-electron chi connectivity index (χ3n) is 6.43. The molecule has 4 heteroatoms. The van der Waals surface area contributed by atoms with Crippen LogP contribution in [0.1, 0.15) is 155 Å². The Bertz CT molecular complexity index is 386. The van der Waals surface area contributed by atoms with Gasteiger partial charge in [-0.1, -0.05) is 136 Å². The standard InChI is InChI=1S/C29H58O4/c1-3-5-7-9-11-13-15-16-18-20-22-24-29(31)33-28(26-30)27-32-25-23-21-19-17-14-12-10-8-6-4-2/h28,30H,3-27H2,1-2H3. The Labute approximate surface area is 206 Å². The molecule has 0 heterocycles. The van der Waals surface area contributed by atoms with E-state index in [9.17, 15) is 9.90 Å². The molecule has 0 saturated heterocycles. The van der Waals surface area contributed by atoms with Crippen molar-refractivity contribution in [3.05, 3.63) is 0 Å². The highest BCUT2D eigenvalue weighted by molar-refractivity contribution is 5.69. The molecule has 0 fully saturated rings. The zero-order valence-electron chi connectivity index (χ0n) is 22.4. The first kappa shape index (κ1) is 32.4. The van der Waals surface area contributed by atoms with Gasteiger partial charge < -0.3 is 14.6 Å². The first-order valence-corrected chi connectivity index (χ1v) is 14.6. The maximum atomic E-state index is 12.0. The molecular formula is C29H58O4. The highest BCUT2D eigenvalue weighted by Crippen LogP contribution is 2.13. The van der Waals surface area contributed by atoms with E-state index in [4.69, 9.17) is 9.47 Å². The molecule has 198 valence electrons. The van der Waals surface area contributed by atoms with Crippen LogP contribution in [-0.4, -0.2) is 37.0 Å². The number of hydrogen-bond donors (Lipinski definition) is 1. The van der Waals surface area contributed by atoms with E-state index in [0.717, 1.165) is 19.3 Å². The van der Waals surface area contributed by atoms with E-state index < -0.39 is 6.10 Å². The number of esters is 1. The Morgan fingerprint density at radius 3 is 1.42 bits per heavy atom. The molecule has 0 aliphatic rings. The topological polar surface area (TPSA) is 55.8 Å². The van der Waals surface area contributed by atoms with Crippen LogP contribution in [0.25, 0.3) is 0 Å². The predicted octanol–water partition coefficient (Wildman–Crippen LogP) is 8.53. The van der Waals surface area contributed by atoms with Gasteiger partial charge in [0.25, 0.3) is 0 Å². The summed E-state index contributed by atoms with van der Waals surface area (Å²) in [6.45, 7) is 5.34. The minimum Gasteiger partial charge on any atom is -0.457 e. The van der Waals surface area contributed by atoms with Gasteiger partial charge in [0.2, 0.25) is 0 Å². The molecule has 0 aromatic rings. The summed E-state index contributed by atoms with van der Waals surface area (Å²) in [7, 11) is 0. The Hall–Kier alpha value is -0.610. The lowest BCUT2D eigenvalue weighted by Crippen LogP contribution is -2.27. The van der Waals surface area contributed by atoms with Crippen molar-refractivity contribution in [3.8, 4) is 0 Å². The molecule has 0 aliphatic carbocycles. The quantitative estimate of drug-likeness (QED) is 0.0965. The number of carbonyl (C=O) groups is 1. The van der Waals surface area contributed by atoms with Crippen molar-refractivity contribution in [2.45, 2.75) is 161 Å². The predicted molar refractivity (Wildman–Crippen MR) is 141 cm³/mol. The van der Waals surface area contributed by atoms with E-state index >= 15 is 0 Å². The number of rotatable bonds is 27. The van der Waals surface area contributed by atoms with Crippen molar-refractivity contribution in [2.75, 3.05) is 19.8 Å². The fraction of sp³-hybridized carbons (Fsp3) is 0.966. The summed E-state index contributed by atoms with van der Waals surface area (Å²) in [5.41, 5.74) is 0. The second-order valence-corrected chi connectivity index (χ2v) is 9.84. The molecule has 0 rings (SSSR count). The lowest BCUT2D eigenvalue weighted by molar-refractivity contribution is -0.154. The number of hydrogen-bond acceptors (Lipinski definition) is 4. The van der Waals surface area contributed by atoms with Crippen LogP contribution in [0.3, 0.4) is 0 Å². The molecule has 1 N–H and O–H groups in total. The number of carbonyl (C=O) groups excluding carboxylic acids is 1. The third kappa shape index (κ3) is 25.8. The summed E-state index contributed by atoms with van der Waals surface area (Å²) in [4.78, 5) is 12.0. The molecule has 0 aliphatic heterocycles. The van der Waals surface area contributed by atoms with Gasteiger partial charge in [0.05, 0.1) is 13.2 Å². The highest BCUT2D eigenvalue weighted by Gasteiger charge is 2.13. The van der Waals surface area contributed by atoms with Crippen LogP contribution in [-0.2, 0) is 14.3 Å². The van der Waals surface area contributed by atoms with Gasteiger partial charge in [-0.25, -0.2) is 0 Å². The van der Waals surface area contributed by atoms with E-state index in [2.05, 4.69) is 13.8 Å². The van der Waals surface area contributed by atoms with Crippen molar-refractivity contribution in [1.29, 1.82) is 0 Å². The number of aliphatic hydroxyl groups is 1. The van der Waals surface area contributed by atoms with E-state index in [1.54, 1.807) is 0 Å². The van der Waals surface area contributed by atoms with Crippen LogP contribution in [0.4, 0.5) is 0 Å². The van der Waals surface area contributed by atoms with Crippen LogP contribution in [0.5, 0.6) is 0 Å². The fourth-order valence-corrected chi connectivity index (χ4v) is 4.21. The fourth-order valence-electron chi connectivity index (χ4n) is 4.21. The van der Waals surface area contributed by atoms with E-state index in [0.29, 0.717) is 19.6 Å². The average molecular weight is 471 g/mol. The SMILES string of the molecule is CCCCCCCCCCCCCC(=O)OC(CO)COCCCCCCCCCCCC. The molecule has 0 saturated carbocycles. The molecule has 0 spiro atoms. The summed E-state index contributed by atoms with van der Waals surface area (Å²) in [5.74, 6) is -0.201. The summed E-state index contributed by atoms with van der Waals surface area (Å²) >= 11 is 0. The second-order valence-electron chi connectivity index (χ2n) is 9.84. The third-order valence-corrected chi connectivity index (χ3v) is 6.43. The van der Waals surface area contributed by atoms with Crippen LogP contribution in [0, 0.1) is 0 Å². The van der Waals surface area contributed by atoms with Gasteiger partial charge in [-0.2, -0.15) is 0 Å². The van der Waals surface area contributed by atoms with Gasteiger partial charge in [0, 0.05) is 13.0 Å². The minimum atomic E-state index is -0.520. The van der Waals surface area contributed by atoms with E-state index in [1.165, 1.54) is 116 Å². The summed E-state index contributed by atoms with van der Waals surface area (Å²) < 4.78 is 11.0. The van der Waals surface area contributed by atoms with Crippen LogP contribution in [0.2, 0.25) is 0 Å². The van der Waals surface area contributed by atoms with Crippen molar-refractivity contribution >= 4 is 5.97 Å². The van der Waals surface area contributed by atoms with Crippen LogP contribution >= 0.6 is 0 Å². The first-order valence-electron chi connectivity index (χ1n) is 14.6. The Balaban J connectivity index is 3.43. The molecule has 0 radical (unpaired) electrons. The molecule has 1 unspecified atom stereocenters. The molecule has 0 bridgehead atoms. The number of unbranched alkanes of at least 4 members (excludes halogenated alkanes) is 19. The Morgan fingerprint density at radius 1 is 0.606 bits per heavy atom. The highest BCUT2D eigenvalue weighted by atomic mass is 16.6. The molecule has 4 nitrogen and oxygen atoms in total. The monoisotopic (exact) mass is 470 g/mol. The maximum absolute atomic E-state index is 12.0.